The van der Waals surface area contributed by atoms with Gasteiger partial charge in [-0.05, 0) is 37.0 Å². The second kappa shape index (κ2) is 5.84. The number of rotatable bonds is 5. The Morgan fingerprint density at radius 2 is 2.21 bits per heavy atom. The lowest BCUT2D eigenvalue weighted by Crippen LogP contribution is -2.28. The Morgan fingerprint density at radius 1 is 1.47 bits per heavy atom. The number of carbonyl (C=O) groups excluding carboxylic acids is 2. The fourth-order valence-electron chi connectivity index (χ4n) is 1.96. The van der Waals surface area contributed by atoms with Gasteiger partial charge in [-0.2, -0.15) is 0 Å². The van der Waals surface area contributed by atoms with Crippen molar-refractivity contribution in [3.8, 4) is 0 Å². The van der Waals surface area contributed by atoms with Crippen molar-refractivity contribution >= 4 is 17.6 Å². The van der Waals surface area contributed by atoms with Crippen molar-refractivity contribution in [2.75, 3.05) is 12.4 Å². The Morgan fingerprint density at radius 3 is 2.84 bits per heavy atom. The van der Waals surface area contributed by atoms with E-state index in [2.05, 4.69) is 10.1 Å². The van der Waals surface area contributed by atoms with Crippen LogP contribution >= 0.6 is 0 Å². The molecule has 19 heavy (non-hydrogen) atoms. The van der Waals surface area contributed by atoms with Crippen molar-refractivity contribution in [3.63, 3.8) is 0 Å². The van der Waals surface area contributed by atoms with Gasteiger partial charge in [0, 0.05) is 18.2 Å². The van der Waals surface area contributed by atoms with Crippen LogP contribution in [0.2, 0.25) is 0 Å². The van der Waals surface area contributed by atoms with Gasteiger partial charge in [0.05, 0.1) is 12.7 Å². The molecular weight excluding hydrogens is 244 g/mol. The van der Waals surface area contributed by atoms with Gasteiger partial charge in [0.2, 0.25) is 5.91 Å². The highest BCUT2D eigenvalue weighted by atomic mass is 16.5. The number of methoxy groups -OCH3 is 1. The molecule has 0 saturated heterocycles. The molecule has 0 radical (unpaired) electrons. The third kappa shape index (κ3) is 3.79. The van der Waals surface area contributed by atoms with Gasteiger partial charge in [0.15, 0.2) is 0 Å². The van der Waals surface area contributed by atoms with Crippen LogP contribution in [0.25, 0.3) is 0 Å². The fraction of sp³-hybridized carbons (Fsp3) is 0.429. The molecule has 1 unspecified atom stereocenters. The number of anilines is 1. The molecule has 0 spiro atoms. The first-order valence-electron chi connectivity index (χ1n) is 6.34. The first-order chi connectivity index (χ1) is 9.10. The molecule has 0 heterocycles. The molecule has 1 aromatic rings. The van der Waals surface area contributed by atoms with Crippen molar-refractivity contribution in [1.82, 2.24) is 0 Å². The van der Waals surface area contributed by atoms with E-state index in [0.29, 0.717) is 23.6 Å². The minimum atomic E-state index is -0.425. The smallest absolute Gasteiger partial charge is 0.337 e. The second-order valence-electron chi connectivity index (χ2n) is 4.83. The zero-order chi connectivity index (χ0) is 13.8. The van der Waals surface area contributed by atoms with Crippen LogP contribution in [0.1, 0.15) is 29.6 Å². The van der Waals surface area contributed by atoms with E-state index in [1.807, 2.05) is 0 Å². The van der Waals surface area contributed by atoms with Crippen molar-refractivity contribution in [3.05, 3.63) is 29.8 Å². The summed E-state index contributed by atoms with van der Waals surface area (Å²) in [5.41, 5.74) is 6.89. The van der Waals surface area contributed by atoms with Gasteiger partial charge < -0.3 is 15.8 Å². The molecular formula is C14H18N2O3. The molecule has 0 aliphatic heterocycles. The second-order valence-corrected chi connectivity index (χ2v) is 4.83. The molecule has 5 heteroatoms. The van der Waals surface area contributed by atoms with E-state index < -0.39 is 5.97 Å². The van der Waals surface area contributed by atoms with Crippen molar-refractivity contribution in [2.45, 2.75) is 25.3 Å². The number of benzene rings is 1. The van der Waals surface area contributed by atoms with E-state index in [-0.39, 0.29) is 11.9 Å². The average Bonchev–Trinajstić information content (AvgIpc) is 3.22. The Bertz CT molecular complexity index is 483. The van der Waals surface area contributed by atoms with Crippen molar-refractivity contribution in [2.24, 2.45) is 11.7 Å². The van der Waals surface area contributed by atoms with Crippen LogP contribution in [-0.4, -0.2) is 25.0 Å². The quantitative estimate of drug-likeness (QED) is 0.789. The highest BCUT2D eigenvalue weighted by molar-refractivity contribution is 5.94. The number of carbonyl (C=O) groups is 2. The topological polar surface area (TPSA) is 81.4 Å². The summed E-state index contributed by atoms with van der Waals surface area (Å²) in [6, 6.07) is 6.59. The third-order valence-electron chi connectivity index (χ3n) is 3.22. The summed E-state index contributed by atoms with van der Waals surface area (Å²) in [6.45, 7) is 0. The lowest BCUT2D eigenvalue weighted by atomic mass is 10.1. The Balaban J connectivity index is 1.94. The predicted molar refractivity (Wildman–Crippen MR) is 71.7 cm³/mol. The molecule has 0 bridgehead atoms. The summed E-state index contributed by atoms with van der Waals surface area (Å²) in [7, 11) is 1.32. The van der Waals surface area contributed by atoms with Crippen LogP contribution in [0.3, 0.4) is 0 Å². The number of hydrogen-bond acceptors (Lipinski definition) is 4. The number of amides is 1. The van der Waals surface area contributed by atoms with Crippen LogP contribution in [0.15, 0.2) is 24.3 Å². The standard InChI is InChI=1S/C14H18N2O3/c1-19-14(18)10-3-2-4-11(7-10)16-13(17)8-12(15)9-5-6-9/h2-4,7,9,12H,5-6,8,15H2,1H3,(H,16,17). The van der Waals surface area contributed by atoms with E-state index in [1.165, 1.54) is 7.11 Å². The predicted octanol–water partition coefficient (Wildman–Crippen LogP) is 1.54. The maximum Gasteiger partial charge on any atom is 0.337 e. The molecule has 2 rings (SSSR count). The first-order valence-corrected chi connectivity index (χ1v) is 6.34. The molecule has 5 nitrogen and oxygen atoms in total. The van der Waals surface area contributed by atoms with Gasteiger partial charge in [-0.15, -0.1) is 0 Å². The number of esters is 1. The molecule has 1 atom stereocenters. The SMILES string of the molecule is COC(=O)c1cccc(NC(=O)CC(N)C2CC2)c1. The third-order valence-corrected chi connectivity index (χ3v) is 3.22. The summed E-state index contributed by atoms with van der Waals surface area (Å²) in [4.78, 5) is 23.2. The summed E-state index contributed by atoms with van der Waals surface area (Å²) < 4.78 is 4.63. The zero-order valence-electron chi connectivity index (χ0n) is 10.9. The highest BCUT2D eigenvalue weighted by Gasteiger charge is 2.29. The maximum absolute atomic E-state index is 11.8. The van der Waals surface area contributed by atoms with Gasteiger partial charge in [-0.3, -0.25) is 4.79 Å². The van der Waals surface area contributed by atoms with Crippen molar-refractivity contribution in [1.29, 1.82) is 0 Å². The molecule has 3 N–H and O–H groups in total. The summed E-state index contributed by atoms with van der Waals surface area (Å²) in [6.07, 6.45) is 2.55. The normalized spacial score (nSPS) is 15.7. The molecule has 1 fully saturated rings. The Hall–Kier alpha value is -1.88. The lowest BCUT2D eigenvalue weighted by Gasteiger charge is -2.11. The molecule has 1 aliphatic carbocycles. The largest absolute Gasteiger partial charge is 0.465 e. The van der Waals surface area contributed by atoms with Gasteiger partial charge in [-0.25, -0.2) is 4.79 Å². The minimum Gasteiger partial charge on any atom is -0.465 e. The van der Waals surface area contributed by atoms with Crippen LogP contribution in [-0.2, 0) is 9.53 Å². The Kier molecular flexibility index (Phi) is 4.16. The number of ether oxygens (including phenoxy) is 1. The van der Waals surface area contributed by atoms with E-state index in [0.717, 1.165) is 12.8 Å². The fourth-order valence-corrected chi connectivity index (χ4v) is 1.96. The number of nitrogens with one attached hydrogen (secondary N) is 1. The highest BCUT2D eigenvalue weighted by Crippen LogP contribution is 2.32. The summed E-state index contributed by atoms with van der Waals surface area (Å²) in [5, 5.41) is 2.75. The van der Waals surface area contributed by atoms with Crippen LogP contribution in [0, 0.1) is 5.92 Å². The van der Waals surface area contributed by atoms with Crippen LogP contribution in [0.4, 0.5) is 5.69 Å². The average molecular weight is 262 g/mol. The molecule has 0 aromatic heterocycles. The van der Waals surface area contributed by atoms with Crippen molar-refractivity contribution < 1.29 is 14.3 Å². The lowest BCUT2D eigenvalue weighted by molar-refractivity contribution is -0.116. The number of hydrogen-bond donors (Lipinski definition) is 2. The van der Waals surface area contributed by atoms with E-state index in [4.69, 9.17) is 5.73 Å². The van der Waals surface area contributed by atoms with Gasteiger partial charge in [0.1, 0.15) is 0 Å². The van der Waals surface area contributed by atoms with E-state index >= 15 is 0 Å². The Labute approximate surface area is 112 Å². The van der Waals surface area contributed by atoms with Crippen LogP contribution < -0.4 is 11.1 Å². The molecule has 1 amide bonds. The monoisotopic (exact) mass is 262 g/mol. The maximum atomic E-state index is 11.8. The molecule has 1 aliphatic rings. The summed E-state index contributed by atoms with van der Waals surface area (Å²) >= 11 is 0. The van der Waals surface area contributed by atoms with Crippen LogP contribution in [0.5, 0.6) is 0 Å². The summed E-state index contributed by atoms with van der Waals surface area (Å²) in [5.74, 6) is -0.0562. The van der Waals surface area contributed by atoms with Gasteiger partial charge >= 0.3 is 5.97 Å². The van der Waals surface area contributed by atoms with E-state index in [9.17, 15) is 9.59 Å². The van der Waals surface area contributed by atoms with E-state index in [1.54, 1.807) is 24.3 Å². The molecule has 1 saturated carbocycles. The first kappa shape index (κ1) is 13.5. The van der Waals surface area contributed by atoms with Gasteiger partial charge in [0.25, 0.3) is 0 Å². The zero-order valence-corrected chi connectivity index (χ0v) is 10.9. The molecule has 1 aromatic carbocycles. The van der Waals surface area contributed by atoms with Gasteiger partial charge in [-0.1, -0.05) is 6.07 Å². The molecule has 102 valence electrons. The number of nitrogens with two attached hydrogens (primary N) is 1. The minimum absolute atomic E-state index is 0.0659.